The fourth-order valence-electron chi connectivity index (χ4n) is 2.07. The minimum Gasteiger partial charge on any atom is -0.497 e. The number of nitrogens with zero attached hydrogens (tertiary/aromatic N) is 1. The molecule has 0 spiro atoms. The highest BCUT2D eigenvalue weighted by atomic mass is 32.2. The second-order valence-electron chi connectivity index (χ2n) is 4.87. The Morgan fingerprint density at radius 1 is 1.15 bits per heavy atom. The third kappa shape index (κ3) is 3.81. The molecule has 0 saturated heterocycles. The van der Waals surface area contributed by atoms with E-state index in [0.29, 0.717) is 12.0 Å². The van der Waals surface area contributed by atoms with Gasteiger partial charge in [0, 0.05) is 0 Å². The van der Waals surface area contributed by atoms with Crippen LogP contribution in [0.1, 0.15) is 26.3 Å². The number of hydrogen-bond donors (Lipinski definition) is 0. The Morgan fingerprint density at radius 3 is 2.46 bits per heavy atom. The predicted molar refractivity (Wildman–Crippen MR) is 88.7 cm³/mol. The quantitative estimate of drug-likeness (QED) is 0.427. The van der Waals surface area contributed by atoms with Gasteiger partial charge in [0.25, 0.3) is 0 Å². The summed E-state index contributed by atoms with van der Waals surface area (Å²) in [7, 11) is -2.02. The lowest BCUT2D eigenvalue weighted by Crippen LogP contribution is -2.16. The van der Waals surface area contributed by atoms with Crippen molar-refractivity contribution in [1.29, 1.82) is 5.26 Å². The molecule has 0 bridgehead atoms. The monoisotopic (exact) mass is 375 g/mol. The summed E-state index contributed by atoms with van der Waals surface area (Å²) in [6, 6.07) is 9.13. The second kappa shape index (κ2) is 7.67. The maximum Gasteiger partial charge on any atom is 0.340 e. The Balaban J connectivity index is 2.54. The number of hydrogen-bond acceptors (Lipinski definition) is 8. The molecule has 0 fully saturated rings. The van der Waals surface area contributed by atoms with Crippen LogP contribution in [0.15, 0.2) is 41.3 Å². The third-order valence-corrected chi connectivity index (χ3v) is 4.62. The SMILES string of the molecule is COC(=O)c1cc(C#N)ccc1S(=O)(=O)Oc1ccc(OC)cc1C=O. The fraction of sp³-hybridized carbons (Fsp3) is 0.118. The highest BCUT2D eigenvalue weighted by Crippen LogP contribution is 2.27. The number of esters is 1. The molecule has 0 N–H and O–H groups in total. The lowest BCUT2D eigenvalue weighted by atomic mass is 10.1. The molecule has 0 aliphatic rings. The van der Waals surface area contributed by atoms with Gasteiger partial charge in [-0.1, -0.05) is 0 Å². The summed E-state index contributed by atoms with van der Waals surface area (Å²) < 4.78 is 39.7. The molecular formula is C17H13NO7S. The van der Waals surface area contributed by atoms with Crippen LogP contribution in [-0.4, -0.2) is 34.9 Å². The molecule has 0 aromatic heterocycles. The van der Waals surface area contributed by atoms with Crippen molar-refractivity contribution in [3.05, 3.63) is 53.1 Å². The first-order valence-corrected chi connectivity index (χ1v) is 8.47. The molecule has 2 aromatic carbocycles. The molecular weight excluding hydrogens is 362 g/mol. The van der Waals surface area contributed by atoms with E-state index in [9.17, 15) is 18.0 Å². The zero-order valence-electron chi connectivity index (χ0n) is 13.8. The van der Waals surface area contributed by atoms with Crippen LogP contribution in [0.25, 0.3) is 0 Å². The van der Waals surface area contributed by atoms with Crippen LogP contribution in [0.3, 0.4) is 0 Å². The van der Waals surface area contributed by atoms with E-state index in [-0.39, 0.29) is 22.4 Å². The average molecular weight is 375 g/mol. The van der Waals surface area contributed by atoms with Gasteiger partial charge in [0.2, 0.25) is 0 Å². The summed E-state index contributed by atoms with van der Waals surface area (Å²) in [5, 5.41) is 8.93. The molecule has 0 unspecified atom stereocenters. The number of carbonyl (C=O) groups excluding carboxylic acids is 2. The summed E-state index contributed by atoms with van der Waals surface area (Å²) in [5.41, 5.74) is -0.337. The lowest BCUT2D eigenvalue weighted by molar-refractivity contribution is 0.0596. The Bertz CT molecular complexity index is 1010. The highest BCUT2D eigenvalue weighted by molar-refractivity contribution is 7.87. The Morgan fingerprint density at radius 2 is 1.88 bits per heavy atom. The number of rotatable bonds is 6. The van der Waals surface area contributed by atoms with E-state index in [1.54, 1.807) is 6.07 Å². The molecule has 0 amide bonds. The summed E-state index contributed by atoms with van der Waals surface area (Å²) >= 11 is 0. The van der Waals surface area contributed by atoms with Gasteiger partial charge in [0.15, 0.2) is 12.0 Å². The first-order chi connectivity index (χ1) is 12.4. The zero-order chi connectivity index (χ0) is 19.3. The summed E-state index contributed by atoms with van der Waals surface area (Å²) in [6.45, 7) is 0. The molecule has 0 saturated carbocycles. The van der Waals surface area contributed by atoms with Crippen molar-refractivity contribution in [2.75, 3.05) is 14.2 Å². The third-order valence-electron chi connectivity index (χ3n) is 3.33. The smallest absolute Gasteiger partial charge is 0.340 e. The first-order valence-electron chi connectivity index (χ1n) is 7.06. The number of ether oxygens (including phenoxy) is 2. The van der Waals surface area contributed by atoms with E-state index >= 15 is 0 Å². The van der Waals surface area contributed by atoms with Gasteiger partial charge >= 0.3 is 16.1 Å². The van der Waals surface area contributed by atoms with E-state index in [1.807, 2.05) is 0 Å². The van der Waals surface area contributed by atoms with Crippen molar-refractivity contribution < 1.29 is 31.7 Å². The topological polar surface area (TPSA) is 120 Å². The number of aldehydes is 1. The number of methoxy groups -OCH3 is 2. The highest BCUT2D eigenvalue weighted by Gasteiger charge is 2.26. The number of nitriles is 1. The molecule has 0 radical (unpaired) electrons. The van der Waals surface area contributed by atoms with E-state index in [1.165, 1.54) is 31.4 Å². The van der Waals surface area contributed by atoms with Crippen molar-refractivity contribution in [2.45, 2.75) is 4.90 Å². The van der Waals surface area contributed by atoms with Gasteiger partial charge in [-0.05, 0) is 36.4 Å². The molecule has 9 heteroatoms. The zero-order valence-corrected chi connectivity index (χ0v) is 14.6. The van der Waals surface area contributed by atoms with Gasteiger partial charge in [0.05, 0.1) is 37.0 Å². The summed E-state index contributed by atoms with van der Waals surface area (Å²) in [5.74, 6) is -0.846. The van der Waals surface area contributed by atoms with Crippen LogP contribution in [-0.2, 0) is 14.9 Å². The molecule has 0 heterocycles. The van der Waals surface area contributed by atoms with Crippen molar-refractivity contribution >= 4 is 22.4 Å². The van der Waals surface area contributed by atoms with E-state index in [0.717, 1.165) is 19.2 Å². The van der Waals surface area contributed by atoms with Crippen LogP contribution in [0.4, 0.5) is 0 Å². The average Bonchev–Trinajstić information content (AvgIpc) is 2.66. The Labute approximate surface area is 149 Å². The molecule has 8 nitrogen and oxygen atoms in total. The maximum atomic E-state index is 12.6. The second-order valence-corrected chi connectivity index (χ2v) is 6.39. The van der Waals surface area contributed by atoms with Crippen LogP contribution < -0.4 is 8.92 Å². The van der Waals surface area contributed by atoms with Crippen LogP contribution in [0.5, 0.6) is 11.5 Å². The first kappa shape index (κ1) is 19.0. The molecule has 26 heavy (non-hydrogen) atoms. The van der Waals surface area contributed by atoms with Crippen molar-refractivity contribution in [3.8, 4) is 17.6 Å². The predicted octanol–water partition coefficient (Wildman–Crippen LogP) is 1.93. The minimum atomic E-state index is -4.49. The molecule has 134 valence electrons. The van der Waals surface area contributed by atoms with Crippen LogP contribution in [0, 0.1) is 11.3 Å². The van der Waals surface area contributed by atoms with Gasteiger partial charge in [-0.15, -0.1) is 0 Å². The van der Waals surface area contributed by atoms with Crippen molar-refractivity contribution in [3.63, 3.8) is 0 Å². The molecule has 0 atom stereocenters. The van der Waals surface area contributed by atoms with Gasteiger partial charge < -0.3 is 13.7 Å². The Hall–Kier alpha value is -3.38. The standard InChI is InChI=1S/C17H13NO7S/c1-23-13-4-5-15(12(8-13)10-19)25-26(21,22)16-6-3-11(9-18)7-14(16)17(20)24-2/h3-8,10H,1-2H3. The molecule has 0 aliphatic carbocycles. The lowest BCUT2D eigenvalue weighted by Gasteiger charge is -2.12. The van der Waals surface area contributed by atoms with Gasteiger partial charge in [-0.2, -0.15) is 13.7 Å². The van der Waals surface area contributed by atoms with Gasteiger partial charge in [0.1, 0.15) is 10.6 Å². The van der Waals surface area contributed by atoms with Gasteiger partial charge in [-0.25, -0.2) is 4.79 Å². The number of benzene rings is 2. The number of carbonyl (C=O) groups is 2. The maximum absolute atomic E-state index is 12.6. The Kier molecular flexibility index (Phi) is 5.59. The summed E-state index contributed by atoms with van der Waals surface area (Å²) in [4.78, 5) is 22.6. The normalized spacial score (nSPS) is 10.5. The van der Waals surface area contributed by atoms with E-state index in [4.69, 9.17) is 14.2 Å². The van der Waals surface area contributed by atoms with E-state index < -0.39 is 21.0 Å². The fourth-order valence-corrected chi connectivity index (χ4v) is 3.20. The largest absolute Gasteiger partial charge is 0.497 e. The minimum absolute atomic E-state index is 0.0545. The van der Waals surface area contributed by atoms with Crippen molar-refractivity contribution in [2.24, 2.45) is 0 Å². The molecule has 0 aliphatic heterocycles. The molecule has 2 rings (SSSR count). The van der Waals surface area contributed by atoms with E-state index in [2.05, 4.69) is 4.74 Å². The van der Waals surface area contributed by atoms with Crippen molar-refractivity contribution in [1.82, 2.24) is 0 Å². The van der Waals surface area contributed by atoms with Gasteiger partial charge in [-0.3, -0.25) is 4.79 Å². The van der Waals surface area contributed by atoms with Crippen LogP contribution in [0.2, 0.25) is 0 Å². The summed E-state index contributed by atoms with van der Waals surface area (Å²) in [6.07, 6.45) is 0.410. The molecule has 2 aromatic rings. The van der Waals surface area contributed by atoms with Crippen LogP contribution >= 0.6 is 0 Å².